The number of hydrogen-bond acceptors (Lipinski definition) is 4. The molecule has 0 radical (unpaired) electrons. The molecule has 6 atom stereocenters. The van der Waals surface area contributed by atoms with Crippen molar-refractivity contribution >= 4 is 23.4 Å². The Morgan fingerprint density at radius 1 is 1.00 bits per heavy atom. The van der Waals surface area contributed by atoms with Gasteiger partial charge in [0.05, 0.1) is 18.9 Å². The number of carbonyl (C=O) groups is 3. The Morgan fingerprint density at radius 2 is 1.64 bits per heavy atom. The Bertz CT molecular complexity index is 1150. The summed E-state index contributed by atoms with van der Waals surface area (Å²) in [6, 6.07) is 14.5. The smallest absolute Gasteiger partial charge is 0.259 e. The molecule has 7 rings (SSSR count). The predicted octanol–water partition coefficient (Wildman–Crippen LogP) is 3.66. The average Bonchev–Trinajstić information content (AvgIpc) is 3.63. The SMILES string of the molecule is COc1cccc(C(=O)N(CN2C(=O)[C@@H]3[C@H]4C=C[C@H]([C@H]5C[C@H]45)[C@@H]3C2=O)c2ccc(C)cc2)c1. The van der Waals surface area contributed by atoms with Gasteiger partial charge in [0.1, 0.15) is 12.4 Å². The van der Waals surface area contributed by atoms with Crippen LogP contribution in [0.25, 0.3) is 0 Å². The van der Waals surface area contributed by atoms with Gasteiger partial charge in [-0.3, -0.25) is 24.2 Å². The number of benzene rings is 2. The molecule has 168 valence electrons. The number of likely N-dealkylation sites (tertiary alicyclic amines) is 1. The van der Waals surface area contributed by atoms with Gasteiger partial charge in [-0.1, -0.05) is 35.9 Å². The minimum Gasteiger partial charge on any atom is -0.497 e. The Hall–Kier alpha value is -3.41. The summed E-state index contributed by atoms with van der Waals surface area (Å²) in [7, 11) is 1.55. The predicted molar refractivity (Wildman–Crippen MR) is 122 cm³/mol. The monoisotopic (exact) mass is 442 g/mol. The minimum absolute atomic E-state index is 0.0848. The van der Waals surface area contributed by atoms with Crippen molar-refractivity contribution in [2.45, 2.75) is 13.3 Å². The Balaban J connectivity index is 1.34. The molecule has 5 aliphatic rings. The van der Waals surface area contributed by atoms with Crippen molar-refractivity contribution in [3.8, 4) is 5.75 Å². The molecule has 1 saturated heterocycles. The molecule has 0 spiro atoms. The molecule has 0 aromatic heterocycles. The Morgan fingerprint density at radius 3 is 2.24 bits per heavy atom. The molecule has 0 unspecified atom stereocenters. The van der Waals surface area contributed by atoms with E-state index in [-0.39, 0.29) is 48.1 Å². The highest BCUT2D eigenvalue weighted by molar-refractivity contribution is 6.10. The van der Waals surface area contributed by atoms with E-state index in [1.807, 2.05) is 31.2 Å². The van der Waals surface area contributed by atoms with E-state index >= 15 is 0 Å². The summed E-state index contributed by atoms with van der Waals surface area (Å²) >= 11 is 0. The second kappa shape index (κ2) is 7.30. The van der Waals surface area contributed by atoms with Crippen molar-refractivity contribution in [3.05, 3.63) is 71.8 Å². The first kappa shape index (κ1) is 20.2. The fourth-order valence-corrected chi connectivity index (χ4v) is 6.20. The summed E-state index contributed by atoms with van der Waals surface area (Å²) in [5, 5.41) is 0. The largest absolute Gasteiger partial charge is 0.497 e. The fourth-order valence-electron chi connectivity index (χ4n) is 6.20. The summed E-state index contributed by atoms with van der Waals surface area (Å²) in [4.78, 5) is 43.5. The van der Waals surface area contributed by atoms with Crippen LogP contribution in [0, 0.1) is 42.4 Å². The van der Waals surface area contributed by atoms with Crippen LogP contribution in [0.3, 0.4) is 0 Å². The third-order valence-corrected chi connectivity index (χ3v) is 7.94. The Labute approximate surface area is 192 Å². The van der Waals surface area contributed by atoms with Gasteiger partial charge < -0.3 is 4.74 Å². The molecule has 1 heterocycles. The molecule has 6 heteroatoms. The summed E-state index contributed by atoms with van der Waals surface area (Å²) in [5.74, 6) is 0.889. The van der Waals surface area contributed by atoms with E-state index in [4.69, 9.17) is 4.74 Å². The van der Waals surface area contributed by atoms with Gasteiger partial charge in [0.25, 0.3) is 5.91 Å². The summed E-state index contributed by atoms with van der Waals surface area (Å²) in [6.07, 6.45) is 5.45. The fraction of sp³-hybridized carbons (Fsp3) is 0.370. The van der Waals surface area contributed by atoms with E-state index in [1.54, 1.807) is 31.4 Å². The van der Waals surface area contributed by atoms with Crippen molar-refractivity contribution in [2.75, 3.05) is 18.7 Å². The first-order valence-corrected chi connectivity index (χ1v) is 11.5. The van der Waals surface area contributed by atoms with Gasteiger partial charge >= 0.3 is 0 Å². The van der Waals surface area contributed by atoms with Gasteiger partial charge in [-0.05, 0) is 67.3 Å². The van der Waals surface area contributed by atoms with E-state index in [0.717, 1.165) is 12.0 Å². The molecule has 2 aromatic rings. The summed E-state index contributed by atoms with van der Waals surface area (Å²) in [6.45, 7) is 1.89. The lowest BCUT2D eigenvalue weighted by Crippen LogP contribution is -2.45. The van der Waals surface area contributed by atoms with Crippen LogP contribution in [0.1, 0.15) is 22.3 Å². The number of imide groups is 1. The van der Waals surface area contributed by atoms with E-state index in [9.17, 15) is 14.4 Å². The molecule has 2 aromatic carbocycles. The number of amides is 3. The van der Waals surface area contributed by atoms with Crippen LogP contribution < -0.4 is 9.64 Å². The van der Waals surface area contributed by atoms with Crippen LogP contribution in [0.5, 0.6) is 5.75 Å². The molecule has 1 aliphatic heterocycles. The van der Waals surface area contributed by atoms with Crippen molar-refractivity contribution < 1.29 is 19.1 Å². The van der Waals surface area contributed by atoms with Crippen LogP contribution in [0.2, 0.25) is 0 Å². The van der Waals surface area contributed by atoms with Gasteiger partial charge in [0.2, 0.25) is 11.8 Å². The number of methoxy groups -OCH3 is 1. The zero-order valence-electron chi connectivity index (χ0n) is 18.7. The second-order valence-corrected chi connectivity index (χ2v) is 9.70. The van der Waals surface area contributed by atoms with Gasteiger partial charge in [0.15, 0.2) is 0 Å². The highest BCUT2D eigenvalue weighted by Gasteiger charge is 2.67. The molecular weight excluding hydrogens is 416 g/mol. The van der Waals surface area contributed by atoms with Crippen molar-refractivity contribution in [1.29, 1.82) is 0 Å². The van der Waals surface area contributed by atoms with E-state index in [2.05, 4.69) is 12.2 Å². The number of nitrogens with zero attached hydrogens (tertiary/aromatic N) is 2. The van der Waals surface area contributed by atoms with Crippen molar-refractivity contribution in [2.24, 2.45) is 35.5 Å². The van der Waals surface area contributed by atoms with E-state index < -0.39 is 0 Å². The van der Waals surface area contributed by atoms with Crippen LogP contribution in [-0.4, -0.2) is 36.4 Å². The molecule has 4 aliphatic carbocycles. The van der Waals surface area contributed by atoms with Crippen LogP contribution >= 0.6 is 0 Å². The molecule has 3 amide bonds. The minimum atomic E-state index is -0.280. The van der Waals surface area contributed by atoms with Crippen molar-refractivity contribution in [1.82, 2.24) is 4.90 Å². The van der Waals surface area contributed by atoms with Crippen LogP contribution in [0.15, 0.2) is 60.7 Å². The standard InChI is InChI=1S/C27H26N2O4/c1-15-6-8-17(9-7-15)28(25(30)16-4-3-5-18(12-16)33-2)14-29-26(31)23-19-10-11-20(22-13-21(19)22)24(23)27(29)32/h3-12,19-24H,13-14H2,1-2H3/t19-,20+,21-,22-,23+,24-/m1/s1. The molecule has 0 N–H and O–H groups in total. The lowest BCUT2D eigenvalue weighted by atomic mass is 9.63. The first-order chi connectivity index (χ1) is 16.0. The second-order valence-electron chi connectivity index (χ2n) is 9.70. The maximum atomic E-state index is 13.6. The average molecular weight is 443 g/mol. The van der Waals surface area contributed by atoms with E-state index in [1.165, 1.54) is 9.80 Å². The third kappa shape index (κ3) is 3.04. The van der Waals surface area contributed by atoms with Crippen LogP contribution in [-0.2, 0) is 9.59 Å². The number of allylic oxidation sites excluding steroid dienone is 2. The number of aryl methyl sites for hydroxylation is 1. The number of rotatable bonds is 5. The van der Waals surface area contributed by atoms with Gasteiger partial charge in [-0.25, -0.2) is 0 Å². The highest BCUT2D eigenvalue weighted by Crippen LogP contribution is 2.65. The third-order valence-electron chi connectivity index (χ3n) is 7.94. The van der Waals surface area contributed by atoms with Crippen LogP contribution in [0.4, 0.5) is 5.69 Å². The maximum absolute atomic E-state index is 13.6. The Kier molecular flexibility index (Phi) is 4.47. The number of anilines is 1. The van der Waals surface area contributed by atoms with Gasteiger partial charge in [-0.15, -0.1) is 0 Å². The lowest BCUT2D eigenvalue weighted by Gasteiger charge is -2.37. The highest BCUT2D eigenvalue weighted by atomic mass is 16.5. The number of carbonyl (C=O) groups excluding carboxylic acids is 3. The normalized spacial score (nSPS) is 30.8. The zero-order valence-corrected chi connectivity index (χ0v) is 18.7. The number of ether oxygens (including phenoxy) is 1. The summed E-state index contributed by atoms with van der Waals surface area (Å²) < 4.78 is 5.29. The lowest BCUT2D eigenvalue weighted by molar-refractivity contribution is -0.140. The molecule has 3 fully saturated rings. The molecule has 2 bridgehead atoms. The first-order valence-electron chi connectivity index (χ1n) is 11.5. The topological polar surface area (TPSA) is 66.9 Å². The molecular formula is C27H26N2O4. The molecule has 33 heavy (non-hydrogen) atoms. The number of hydrogen-bond donors (Lipinski definition) is 0. The van der Waals surface area contributed by atoms with Gasteiger partial charge in [-0.2, -0.15) is 0 Å². The van der Waals surface area contributed by atoms with Gasteiger partial charge in [0, 0.05) is 11.3 Å². The molecule has 6 nitrogen and oxygen atoms in total. The molecule has 2 saturated carbocycles. The quantitative estimate of drug-likeness (QED) is 0.524. The van der Waals surface area contributed by atoms with Crippen molar-refractivity contribution in [3.63, 3.8) is 0 Å². The van der Waals surface area contributed by atoms with E-state index in [0.29, 0.717) is 28.8 Å². The zero-order chi connectivity index (χ0) is 22.9. The summed E-state index contributed by atoms with van der Waals surface area (Å²) in [5.41, 5.74) is 2.15. The maximum Gasteiger partial charge on any atom is 0.259 e.